The first-order chi connectivity index (χ1) is 9.18. The predicted octanol–water partition coefficient (Wildman–Crippen LogP) is 2.82. The molecule has 2 saturated heterocycles. The Hall–Kier alpha value is -1.06. The number of carbonyl (C=O) groups excluding carboxylic acids is 2. The van der Waals surface area contributed by atoms with Gasteiger partial charge in [-0.1, -0.05) is 12.8 Å². The number of ketones is 1. The topological polar surface area (TPSA) is 40.6 Å². The van der Waals surface area contributed by atoms with E-state index in [1.807, 2.05) is 9.80 Å². The zero-order valence-electron chi connectivity index (χ0n) is 12.1. The van der Waals surface area contributed by atoms with Gasteiger partial charge in [-0.3, -0.25) is 4.79 Å². The van der Waals surface area contributed by atoms with Gasteiger partial charge in [0.05, 0.1) is 0 Å². The molecule has 0 aliphatic carbocycles. The molecule has 0 N–H and O–H groups in total. The van der Waals surface area contributed by atoms with E-state index in [1.54, 1.807) is 6.92 Å². The number of amides is 2. The van der Waals surface area contributed by atoms with Crippen molar-refractivity contribution in [3.05, 3.63) is 0 Å². The molecule has 1 unspecified atom stereocenters. The summed E-state index contributed by atoms with van der Waals surface area (Å²) < 4.78 is 0. The van der Waals surface area contributed by atoms with E-state index in [0.717, 1.165) is 51.7 Å². The molecule has 4 heteroatoms. The van der Waals surface area contributed by atoms with Gasteiger partial charge in [0.1, 0.15) is 5.78 Å². The van der Waals surface area contributed by atoms with Crippen molar-refractivity contribution >= 4 is 11.8 Å². The molecule has 0 aromatic heterocycles. The van der Waals surface area contributed by atoms with Crippen molar-refractivity contribution < 1.29 is 9.59 Å². The van der Waals surface area contributed by atoms with Crippen LogP contribution in [0, 0.1) is 0 Å². The summed E-state index contributed by atoms with van der Waals surface area (Å²) in [5, 5.41) is 0. The summed E-state index contributed by atoms with van der Waals surface area (Å²) in [6.45, 7) is 4.24. The van der Waals surface area contributed by atoms with E-state index < -0.39 is 0 Å². The smallest absolute Gasteiger partial charge is 0.320 e. The van der Waals surface area contributed by atoms with Gasteiger partial charge in [0.15, 0.2) is 0 Å². The number of urea groups is 1. The van der Waals surface area contributed by atoms with Crippen LogP contribution in [0.3, 0.4) is 0 Å². The van der Waals surface area contributed by atoms with Crippen LogP contribution >= 0.6 is 0 Å². The standard InChI is InChI=1S/C15H26N2O2/c1-13(18)12-14-8-4-2-7-11-17(14)15(19)16-9-5-3-6-10-16/h14H,2-12H2,1H3. The fourth-order valence-corrected chi connectivity index (χ4v) is 3.24. The fraction of sp³-hybridized carbons (Fsp3) is 0.867. The lowest BCUT2D eigenvalue weighted by atomic mass is 10.0. The minimum atomic E-state index is 0.134. The molecule has 0 aromatic carbocycles. The molecule has 0 spiro atoms. The van der Waals surface area contributed by atoms with Gasteiger partial charge in [-0.05, 0) is 39.0 Å². The quantitative estimate of drug-likeness (QED) is 0.771. The summed E-state index contributed by atoms with van der Waals surface area (Å²) >= 11 is 0. The minimum Gasteiger partial charge on any atom is -0.325 e. The second-order valence-electron chi connectivity index (χ2n) is 5.93. The molecule has 108 valence electrons. The van der Waals surface area contributed by atoms with Crippen LogP contribution in [0.1, 0.15) is 58.3 Å². The van der Waals surface area contributed by atoms with Crippen LogP contribution in [0.15, 0.2) is 0 Å². The van der Waals surface area contributed by atoms with Crippen LogP contribution in [0.2, 0.25) is 0 Å². The van der Waals surface area contributed by atoms with Crippen molar-refractivity contribution in [1.29, 1.82) is 0 Å². The molecule has 2 aliphatic heterocycles. The maximum absolute atomic E-state index is 12.6. The lowest BCUT2D eigenvalue weighted by molar-refractivity contribution is -0.118. The molecule has 2 aliphatic rings. The monoisotopic (exact) mass is 266 g/mol. The maximum Gasteiger partial charge on any atom is 0.320 e. The molecule has 0 radical (unpaired) electrons. The number of hydrogen-bond acceptors (Lipinski definition) is 2. The summed E-state index contributed by atoms with van der Waals surface area (Å²) in [7, 11) is 0. The number of rotatable bonds is 2. The highest BCUT2D eigenvalue weighted by Gasteiger charge is 2.30. The van der Waals surface area contributed by atoms with Crippen LogP contribution < -0.4 is 0 Å². The molecule has 1 atom stereocenters. The van der Waals surface area contributed by atoms with Crippen molar-refractivity contribution in [1.82, 2.24) is 9.80 Å². The fourth-order valence-electron chi connectivity index (χ4n) is 3.24. The molecule has 0 bridgehead atoms. The molecular weight excluding hydrogens is 240 g/mol. The molecular formula is C15H26N2O2. The number of hydrogen-bond donors (Lipinski definition) is 0. The highest BCUT2D eigenvalue weighted by atomic mass is 16.2. The Kier molecular flexibility index (Phi) is 5.23. The highest BCUT2D eigenvalue weighted by Crippen LogP contribution is 2.22. The zero-order valence-corrected chi connectivity index (χ0v) is 12.1. The van der Waals surface area contributed by atoms with E-state index in [1.165, 1.54) is 12.8 Å². The second-order valence-corrected chi connectivity index (χ2v) is 5.93. The Morgan fingerprint density at radius 2 is 1.58 bits per heavy atom. The van der Waals surface area contributed by atoms with Gasteiger partial charge in [-0.15, -0.1) is 0 Å². The maximum atomic E-state index is 12.6. The highest BCUT2D eigenvalue weighted by molar-refractivity contribution is 5.79. The average Bonchev–Trinajstić information content (AvgIpc) is 2.64. The van der Waals surface area contributed by atoms with Crippen molar-refractivity contribution in [2.45, 2.75) is 64.3 Å². The van der Waals surface area contributed by atoms with Crippen LogP contribution in [-0.4, -0.2) is 47.3 Å². The van der Waals surface area contributed by atoms with E-state index in [-0.39, 0.29) is 17.9 Å². The molecule has 0 aromatic rings. The Balaban J connectivity index is 2.03. The first kappa shape index (κ1) is 14.4. The molecule has 2 fully saturated rings. The molecule has 19 heavy (non-hydrogen) atoms. The van der Waals surface area contributed by atoms with Gasteiger partial charge in [-0.2, -0.15) is 0 Å². The Morgan fingerprint density at radius 3 is 2.26 bits per heavy atom. The largest absolute Gasteiger partial charge is 0.325 e. The molecule has 2 rings (SSSR count). The lowest BCUT2D eigenvalue weighted by Crippen LogP contribution is -2.50. The number of piperidine rings is 1. The van der Waals surface area contributed by atoms with Gasteiger partial charge in [0.25, 0.3) is 0 Å². The first-order valence-corrected chi connectivity index (χ1v) is 7.73. The van der Waals surface area contributed by atoms with E-state index in [2.05, 4.69) is 0 Å². The third kappa shape index (κ3) is 3.95. The third-order valence-corrected chi connectivity index (χ3v) is 4.27. The zero-order chi connectivity index (χ0) is 13.7. The third-order valence-electron chi connectivity index (χ3n) is 4.27. The van der Waals surface area contributed by atoms with Gasteiger partial charge >= 0.3 is 6.03 Å². The number of carbonyl (C=O) groups is 2. The summed E-state index contributed by atoms with van der Waals surface area (Å²) in [6.07, 6.45) is 8.39. The molecule has 4 nitrogen and oxygen atoms in total. The first-order valence-electron chi connectivity index (χ1n) is 7.73. The molecule has 2 amide bonds. The van der Waals surface area contributed by atoms with Crippen molar-refractivity contribution in [3.8, 4) is 0 Å². The van der Waals surface area contributed by atoms with E-state index in [0.29, 0.717) is 6.42 Å². The van der Waals surface area contributed by atoms with Crippen molar-refractivity contribution in [2.24, 2.45) is 0 Å². The van der Waals surface area contributed by atoms with Crippen molar-refractivity contribution in [3.63, 3.8) is 0 Å². The van der Waals surface area contributed by atoms with E-state index in [9.17, 15) is 9.59 Å². The van der Waals surface area contributed by atoms with Gasteiger partial charge in [-0.25, -0.2) is 4.79 Å². The Labute approximate surface area is 116 Å². The van der Waals surface area contributed by atoms with Crippen LogP contribution in [0.25, 0.3) is 0 Å². The molecule has 2 heterocycles. The van der Waals surface area contributed by atoms with Gasteiger partial charge in [0.2, 0.25) is 0 Å². The Bertz CT molecular complexity index is 324. The van der Waals surface area contributed by atoms with Crippen LogP contribution in [0.5, 0.6) is 0 Å². The Morgan fingerprint density at radius 1 is 0.947 bits per heavy atom. The van der Waals surface area contributed by atoms with Gasteiger partial charge in [0, 0.05) is 32.1 Å². The minimum absolute atomic E-state index is 0.134. The van der Waals surface area contributed by atoms with Crippen LogP contribution in [0.4, 0.5) is 4.79 Å². The predicted molar refractivity (Wildman–Crippen MR) is 75.1 cm³/mol. The van der Waals surface area contributed by atoms with E-state index in [4.69, 9.17) is 0 Å². The lowest BCUT2D eigenvalue weighted by Gasteiger charge is -2.36. The van der Waals surface area contributed by atoms with Crippen LogP contribution in [-0.2, 0) is 4.79 Å². The molecule has 0 saturated carbocycles. The number of Topliss-reactive ketones (excluding diaryl/α,β-unsaturated/α-hetero) is 1. The van der Waals surface area contributed by atoms with E-state index >= 15 is 0 Å². The SMILES string of the molecule is CC(=O)CC1CCCCCN1C(=O)N1CCCCC1. The van der Waals surface area contributed by atoms with Gasteiger partial charge < -0.3 is 9.80 Å². The normalized spacial score (nSPS) is 25.0. The average molecular weight is 266 g/mol. The second kappa shape index (κ2) is 6.92. The summed E-state index contributed by atoms with van der Waals surface area (Å²) in [5.41, 5.74) is 0. The summed E-state index contributed by atoms with van der Waals surface area (Å²) in [5.74, 6) is 0.198. The summed E-state index contributed by atoms with van der Waals surface area (Å²) in [4.78, 5) is 28.0. The van der Waals surface area contributed by atoms with Crippen molar-refractivity contribution in [2.75, 3.05) is 19.6 Å². The number of nitrogens with zero attached hydrogens (tertiary/aromatic N) is 2. The number of likely N-dealkylation sites (tertiary alicyclic amines) is 2. The summed E-state index contributed by atoms with van der Waals surface area (Å²) in [6, 6.07) is 0.308.